The summed E-state index contributed by atoms with van der Waals surface area (Å²) in [7, 11) is -3.49. The summed E-state index contributed by atoms with van der Waals surface area (Å²) in [5, 5.41) is 8.76. The number of nitrogens with two attached hydrogens (primary N) is 1. The Morgan fingerprint density at radius 3 is 2.89 bits per heavy atom. The van der Waals surface area contributed by atoms with Gasteiger partial charge in [0.25, 0.3) is 10.0 Å². The van der Waals surface area contributed by atoms with Crippen LogP contribution in [0.2, 0.25) is 0 Å². The summed E-state index contributed by atoms with van der Waals surface area (Å²) in [5.74, 6) is 0. The van der Waals surface area contributed by atoms with Crippen molar-refractivity contribution in [2.45, 2.75) is 29.5 Å². The molecule has 1 aromatic heterocycles. The van der Waals surface area contributed by atoms with Gasteiger partial charge >= 0.3 is 0 Å². The minimum Gasteiger partial charge on any atom is -0.329 e. The number of rotatable bonds is 3. The van der Waals surface area contributed by atoms with Crippen LogP contribution in [-0.4, -0.2) is 31.9 Å². The highest BCUT2D eigenvalue weighted by atomic mass is 32.2. The van der Waals surface area contributed by atoms with Gasteiger partial charge in [-0.1, -0.05) is 6.42 Å². The van der Waals surface area contributed by atoms with Crippen molar-refractivity contribution in [1.82, 2.24) is 4.31 Å². The van der Waals surface area contributed by atoms with E-state index >= 15 is 0 Å². The molecule has 1 atom stereocenters. The smallest absolute Gasteiger partial charge is 0.252 e. The molecule has 0 saturated carbocycles. The van der Waals surface area contributed by atoms with E-state index in [9.17, 15) is 8.42 Å². The van der Waals surface area contributed by atoms with Crippen LogP contribution in [0.3, 0.4) is 0 Å². The zero-order valence-corrected chi connectivity index (χ0v) is 11.5. The van der Waals surface area contributed by atoms with Gasteiger partial charge in [-0.05, 0) is 25.0 Å². The summed E-state index contributed by atoms with van der Waals surface area (Å²) in [6, 6.07) is 4.89. The SMILES string of the molecule is N#Cc1ccc(S(=O)(=O)N2CCCCC2CN)s1. The Morgan fingerprint density at radius 2 is 2.28 bits per heavy atom. The molecule has 0 aliphatic carbocycles. The maximum Gasteiger partial charge on any atom is 0.252 e. The lowest BCUT2D eigenvalue weighted by Crippen LogP contribution is -2.47. The van der Waals surface area contributed by atoms with Crippen molar-refractivity contribution in [2.24, 2.45) is 5.73 Å². The quantitative estimate of drug-likeness (QED) is 0.901. The molecule has 7 heteroatoms. The average Bonchev–Trinajstić information content (AvgIpc) is 2.88. The summed E-state index contributed by atoms with van der Waals surface area (Å²) in [4.78, 5) is 0.412. The van der Waals surface area contributed by atoms with Gasteiger partial charge in [0.05, 0.1) is 0 Å². The summed E-state index contributed by atoms with van der Waals surface area (Å²) < 4.78 is 26.6. The summed E-state index contributed by atoms with van der Waals surface area (Å²) >= 11 is 1.01. The summed E-state index contributed by atoms with van der Waals surface area (Å²) in [6.45, 7) is 0.861. The molecule has 2 rings (SSSR count). The van der Waals surface area contributed by atoms with Gasteiger partial charge in [0.2, 0.25) is 0 Å². The van der Waals surface area contributed by atoms with Gasteiger partial charge in [-0.25, -0.2) is 8.42 Å². The minimum atomic E-state index is -3.49. The fourth-order valence-electron chi connectivity index (χ4n) is 2.16. The largest absolute Gasteiger partial charge is 0.329 e. The van der Waals surface area contributed by atoms with Crippen LogP contribution in [0.25, 0.3) is 0 Å². The van der Waals surface area contributed by atoms with Gasteiger partial charge < -0.3 is 5.73 Å². The van der Waals surface area contributed by atoms with Gasteiger partial charge in [-0.2, -0.15) is 9.57 Å². The molecule has 0 bridgehead atoms. The van der Waals surface area contributed by atoms with Crippen LogP contribution >= 0.6 is 11.3 Å². The lowest BCUT2D eigenvalue weighted by Gasteiger charge is -2.33. The third-order valence-electron chi connectivity index (χ3n) is 3.10. The predicted molar refractivity (Wildman–Crippen MR) is 69.6 cm³/mol. The molecule has 0 aromatic carbocycles. The van der Waals surface area contributed by atoms with Gasteiger partial charge in [-0.15, -0.1) is 11.3 Å². The first-order valence-corrected chi connectivity index (χ1v) is 8.07. The Balaban J connectivity index is 2.32. The summed E-state index contributed by atoms with van der Waals surface area (Å²) in [5.41, 5.74) is 5.64. The topological polar surface area (TPSA) is 87.2 Å². The average molecular weight is 285 g/mol. The molecule has 18 heavy (non-hydrogen) atoms. The number of sulfonamides is 1. The van der Waals surface area contributed by atoms with Gasteiger partial charge in [0.1, 0.15) is 15.2 Å². The van der Waals surface area contributed by atoms with Crippen LogP contribution in [-0.2, 0) is 10.0 Å². The fraction of sp³-hybridized carbons (Fsp3) is 0.545. The van der Waals surface area contributed by atoms with Crippen molar-refractivity contribution in [1.29, 1.82) is 5.26 Å². The molecular weight excluding hydrogens is 270 g/mol. The number of thiophene rings is 1. The second-order valence-corrected chi connectivity index (χ2v) is 7.43. The van der Waals surface area contributed by atoms with Crippen LogP contribution in [0.4, 0.5) is 0 Å². The molecule has 2 heterocycles. The molecule has 1 saturated heterocycles. The second-order valence-electron chi connectivity index (χ2n) is 4.23. The molecule has 0 spiro atoms. The Labute approximate surface area is 111 Å². The molecule has 0 amide bonds. The third kappa shape index (κ3) is 2.42. The zero-order chi connectivity index (χ0) is 13.2. The van der Waals surface area contributed by atoms with E-state index in [1.165, 1.54) is 10.4 Å². The van der Waals surface area contributed by atoms with Crippen LogP contribution in [0.15, 0.2) is 16.3 Å². The lowest BCUT2D eigenvalue weighted by molar-refractivity contribution is 0.258. The highest BCUT2D eigenvalue weighted by Crippen LogP contribution is 2.29. The maximum atomic E-state index is 12.5. The number of hydrogen-bond acceptors (Lipinski definition) is 5. The van der Waals surface area contributed by atoms with Crippen LogP contribution in [0, 0.1) is 11.3 Å². The number of nitriles is 1. The van der Waals surface area contributed by atoms with E-state index in [-0.39, 0.29) is 10.3 Å². The maximum absolute atomic E-state index is 12.5. The van der Waals surface area contributed by atoms with Crippen molar-refractivity contribution in [3.05, 3.63) is 17.0 Å². The predicted octanol–water partition coefficient (Wildman–Crippen LogP) is 1.12. The van der Waals surface area contributed by atoms with E-state index in [4.69, 9.17) is 11.0 Å². The first kappa shape index (κ1) is 13.5. The molecule has 2 N–H and O–H groups in total. The highest BCUT2D eigenvalue weighted by molar-refractivity contribution is 7.91. The van der Waals surface area contributed by atoms with E-state index in [0.717, 1.165) is 30.6 Å². The Morgan fingerprint density at radius 1 is 1.50 bits per heavy atom. The van der Waals surface area contributed by atoms with E-state index in [0.29, 0.717) is 18.0 Å². The molecule has 1 aliphatic rings. The molecular formula is C11H15N3O2S2. The number of piperidine rings is 1. The molecule has 5 nitrogen and oxygen atoms in total. The van der Waals surface area contributed by atoms with Crippen molar-refractivity contribution < 1.29 is 8.42 Å². The normalized spacial score (nSPS) is 21.7. The van der Waals surface area contributed by atoms with Crippen molar-refractivity contribution in [3.63, 3.8) is 0 Å². The lowest BCUT2D eigenvalue weighted by atomic mass is 10.1. The number of hydrogen-bond donors (Lipinski definition) is 1. The van der Waals surface area contributed by atoms with E-state index in [2.05, 4.69) is 0 Å². The Hall–Kier alpha value is -0.940. The first-order chi connectivity index (χ1) is 8.59. The summed E-state index contributed by atoms with van der Waals surface area (Å²) in [6.07, 6.45) is 2.69. The van der Waals surface area contributed by atoms with E-state index in [1.54, 1.807) is 6.07 Å². The van der Waals surface area contributed by atoms with Crippen molar-refractivity contribution in [2.75, 3.05) is 13.1 Å². The molecule has 98 valence electrons. The molecule has 0 radical (unpaired) electrons. The van der Waals surface area contributed by atoms with Gasteiger partial charge in [0.15, 0.2) is 0 Å². The van der Waals surface area contributed by atoms with Crippen molar-refractivity contribution in [3.8, 4) is 6.07 Å². The Kier molecular flexibility index (Phi) is 4.02. The molecule has 1 aliphatic heterocycles. The number of nitrogens with zero attached hydrogens (tertiary/aromatic N) is 2. The first-order valence-electron chi connectivity index (χ1n) is 5.81. The molecule has 1 aromatic rings. The van der Waals surface area contributed by atoms with E-state index in [1.807, 2.05) is 6.07 Å². The minimum absolute atomic E-state index is 0.114. The van der Waals surface area contributed by atoms with Crippen LogP contribution in [0.1, 0.15) is 24.1 Å². The second kappa shape index (κ2) is 5.36. The van der Waals surface area contributed by atoms with Crippen LogP contribution < -0.4 is 5.73 Å². The van der Waals surface area contributed by atoms with Crippen LogP contribution in [0.5, 0.6) is 0 Å². The van der Waals surface area contributed by atoms with Gasteiger partial charge in [0, 0.05) is 19.1 Å². The fourth-order valence-corrected chi connectivity index (χ4v) is 5.10. The van der Waals surface area contributed by atoms with Crippen molar-refractivity contribution >= 4 is 21.4 Å². The third-order valence-corrected chi connectivity index (χ3v) is 6.51. The standard InChI is InChI=1S/C11H15N3O2S2/c12-7-9-3-1-2-6-14(9)18(15,16)11-5-4-10(8-13)17-11/h4-5,9H,1-3,6-7,12H2. The Bertz CT molecular complexity index is 559. The molecule has 1 unspecified atom stereocenters. The monoisotopic (exact) mass is 285 g/mol. The molecule has 1 fully saturated rings. The highest BCUT2D eigenvalue weighted by Gasteiger charge is 2.33. The van der Waals surface area contributed by atoms with E-state index < -0.39 is 10.0 Å². The van der Waals surface area contributed by atoms with Gasteiger partial charge in [-0.3, -0.25) is 0 Å². The zero-order valence-electron chi connectivity index (χ0n) is 9.87.